The summed E-state index contributed by atoms with van der Waals surface area (Å²) in [6.45, 7) is 0. The summed E-state index contributed by atoms with van der Waals surface area (Å²) < 4.78 is 5.10. The molecule has 1 aromatic rings. The van der Waals surface area contributed by atoms with Crippen LogP contribution in [0.5, 0.6) is 5.75 Å². The van der Waals surface area contributed by atoms with E-state index in [0.717, 1.165) is 5.56 Å². The van der Waals surface area contributed by atoms with E-state index in [1.165, 1.54) is 19.2 Å². The minimum atomic E-state index is -1.56. The van der Waals surface area contributed by atoms with E-state index >= 15 is 0 Å². The third kappa shape index (κ3) is 3.20. The first-order valence-electron chi connectivity index (χ1n) is 5.04. The molecule has 90 valence electrons. The molecule has 5 nitrogen and oxygen atoms in total. The van der Waals surface area contributed by atoms with Gasteiger partial charge in [-0.1, -0.05) is 12.1 Å². The fraction of sp³-hybridized carbons (Fsp3) is 0.333. The van der Waals surface area contributed by atoms with Crippen molar-refractivity contribution in [2.75, 3.05) is 7.11 Å². The van der Waals surface area contributed by atoms with Crippen molar-refractivity contribution in [1.29, 1.82) is 5.26 Å². The Morgan fingerprint density at radius 1 is 1.59 bits per heavy atom. The lowest BCUT2D eigenvalue weighted by molar-refractivity contribution is -0.146. The molecule has 1 rings (SSSR count). The van der Waals surface area contributed by atoms with Gasteiger partial charge in [-0.25, -0.2) is 4.79 Å². The molecule has 1 atom stereocenters. The van der Waals surface area contributed by atoms with Crippen molar-refractivity contribution in [3.8, 4) is 11.8 Å². The molecule has 0 aliphatic carbocycles. The third-order valence-corrected chi connectivity index (χ3v) is 2.37. The maximum atomic E-state index is 10.6. The average Bonchev–Trinajstić information content (AvgIpc) is 2.35. The lowest BCUT2D eigenvalue weighted by Crippen LogP contribution is -2.10. The number of carboxylic acid groups (broad SMARTS) is 1. The van der Waals surface area contributed by atoms with Gasteiger partial charge >= 0.3 is 5.97 Å². The van der Waals surface area contributed by atoms with Crippen LogP contribution in [0.25, 0.3) is 0 Å². The highest BCUT2D eigenvalue weighted by Crippen LogP contribution is 2.25. The quantitative estimate of drug-likeness (QED) is 0.802. The molecule has 1 unspecified atom stereocenters. The molecule has 0 fully saturated rings. The van der Waals surface area contributed by atoms with E-state index in [9.17, 15) is 9.90 Å². The Morgan fingerprint density at radius 3 is 2.82 bits per heavy atom. The van der Waals surface area contributed by atoms with Crippen molar-refractivity contribution >= 4 is 5.97 Å². The standard InChI is InChI=1S/C12H13NO4/c1-17-10-7-9(11(14)12(15)16)5-4-8(10)3-2-6-13/h4-5,7,11,14H,2-3H2,1H3,(H,15,16). The third-order valence-electron chi connectivity index (χ3n) is 2.37. The molecular weight excluding hydrogens is 222 g/mol. The molecular formula is C12H13NO4. The van der Waals surface area contributed by atoms with Crippen molar-refractivity contribution < 1.29 is 19.7 Å². The minimum Gasteiger partial charge on any atom is -0.496 e. The van der Waals surface area contributed by atoms with Gasteiger partial charge in [0.1, 0.15) is 5.75 Å². The zero-order chi connectivity index (χ0) is 12.8. The van der Waals surface area contributed by atoms with Gasteiger partial charge in [0.2, 0.25) is 0 Å². The van der Waals surface area contributed by atoms with Crippen LogP contribution in [0.2, 0.25) is 0 Å². The number of aliphatic carboxylic acids is 1. The Hall–Kier alpha value is -2.06. The second-order valence-electron chi connectivity index (χ2n) is 3.47. The van der Waals surface area contributed by atoms with Crippen LogP contribution in [0.15, 0.2) is 18.2 Å². The van der Waals surface area contributed by atoms with Crippen molar-refractivity contribution in [2.24, 2.45) is 0 Å². The Morgan fingerprint density at radius 2 is 2.29 bits per heavy atom. The summed E-state index contributed by atoms with van der Waals surface area (Å²) in [5, 5.41) is 26.6. The highest BCUT2D eigenvalue weighted by Gasteiger charge is 2.17. The Labute approximate surface area is 98.9 Å². The predicted molar refractivity (Wildman–Crippen MR) is 59.5 cm³/mol. The second-order valence-corrected chi connectivity index (χ2v) is 3.47. The first-order chi connectivity index (χ1) is 8.10. The Kier molecular flexibility index (Phi) is 4.49. The summed E-state index contributed by atoms with van der Waals surface area (Å²) >= 11 is 0. The van der Waals surface area contributed by atoms with E-state index in [0.29, 0.717) is 18.6 Å². The molecule has 0 saturated carbocycles. The largest absolute Gasteiger partial charge is 0.496 e. The van der Waals surface area contributed by atoms with Gasteiger partial charge in [0.15, 0.2) is 6.10 Å². The van der Waals surface area contributed by atoms with Gasteiger partial charge in [-0.15, -0.1) is 0 Å². The smallest absolute Gasteiger partial charge is 0.337 e. The molecule has 5 heteroatoms. The van der Waals surface area contributed by atoms with Crippen molar-refractivity contribution in [1.82, 2.24) is 0 Å². The number of aliphatic hydroxyl groups is 1. The number of nitrogens with zero attached hydrogens (tertiary/aromatic N) is 1. The maximum Gasteiger partial charge on any atom is 0.337 e. The van der Waals surface area contributed by atoms with Crippen LogP contribution < -0.4 is 4.74 Å². The number of hydrogen-bond donors (Lipinski definition) is 2. The first-order valence-corrected chi connectivity index (χ1v) is 5.04. The first kappa shape index (κ1) is 13.0. The van der Waals surface area contributed by atoms with E-state index in [2.05, 4.69) is 0 Å². The molecule has 0 heterocycles. The molecule has 0 aliphatic rings. The van der Waals surface area contributed by atoms with E-state index in [1.54, 1.807) is 6.07 Å². The zero-order valence-corrected chi connectivity index (χ0v) is 9.38. The predicted octanol–water partition coefficient (Wildman–Crippen LogP) is 1.27. The van der Waals surface area contributed by atoms with Crippen LogP contribution in [-0.4, -0.2) is 23.3 Å². The second kappa shape index (κ2) is 5.87. The minimum absolute atomic E-state index is 0.259. The monoisotopic (exact) mass is 235 g/mol. The number of ether oxygens (including phenoxy) is 1. The molecule has 2 N–H and O–H groups in total. The van der Waals surface area contributed by atoms with E-state index < -0.39 is 12.1 Å². The van der Waals surface area contributed by atoms with Crippen LogP contribution in [-0.2, 0) is 11.2 Å². The summed E-state index contributed by atoms with van der Waals surface area (Å²) in [5.41, 5.74) is 1.07. The summed E-state index contributed by atoms with van der Waals surface area (Å²) in [7, 11) is 1.46. The molecule has 17 heavy (non-hydrogen) atoms. The average molecular weight is 235 g/mol. The number of methoxy groups -OCH3 is 1. The van der Waals surface area contributed by atoms with Crippen LogP contribution in [0.1, 0.15) is 23.7 Å². The topological polar surface area (TPSA) is 90.6 Å². The van der Waals surface area contributed by atoms with Crippen molar-refractivity contribution in [3.05, 3.63) is 29.3 Å². The van der Waals surface area contributed by atoms with Crippen LogP contribution in [0.3, 0.4) is 0 Å². The summed E-state index contributed by atoms with van der Waals surface area (Å²) in [6.07, 6.45) is -0.672. The van der Waals surface area contributed by atoms with Gasteiger partial charge < -0.3 is 14.9 Å². The molecule has 0 saturated heterocycles. The van der Waals surface area contributed by atoms with Crippen molar-refractivity contribution in [3.63, 3.8) is 0 Å². The lowest BCUT2D eigenvalue weighted by atomic mass is 10.0. The van der Waals surface area contributed by atoms with E-state index in [4.69, 9.17) is 15.1 Å². The Balaban J connectivity index is 3.00. The van der Waals surface area contributed by atoms with Crippen LogP contribution in [0, 0.1) is 11.3 Å². The van der Waals surface area contributed by atoms with Gasteiger partial charge in [-0.3, -0.25) is 0 Å². The van der Waals surface area contributed by atoms with Crippen molar-refractivity contribution in [2.45, 2.75) is 18.9 Å². The van der Waals surface area contributed by atoms with Crippen LogP contribution in [0.4, 0.5) is 0 Å². The number of benzene rings is 1. The summed E-state index contributed by atoms with van der Waals surface area (Å²) in [4.78, 5) is 10.6. The fourth-order valence-electron chi connectivity index (χ4n) is 1.47. The number of nitriles is 1. The molecule has 0 radical (unpaired) electrons. The van der Waals surface area contributed by atoms with Gasteiger partial charge in [0.25, 0.3) is 0 Å². The number of carbonyl (C=O) groups is 1. The molecule has 1 aromatic carbocycles. The highest BCUT2D eigenvalue weighted by molar-refractivity contribution is 5.74. The highest BCUT2D eigenvalue weighted by atomic mass is 16.5. The van der Waals surface area contributed by atoms with Crippen LogP contribution >= 0.6 is 0 Å². The van der Waals surface area contributed by atoms with E-state index in [1.807, 2.05) is 6.07 Å². The number of carboxylic acids is 1. The molecule has 0 aliphatic heterocycles. The summed E-state index contributed by atoms with van der Waals surface area (Å²) in [6, 6.07) is 6.69. The fourth-order valence-corrected chi connectivity index (χ4v) is 1.47. The molecule has 0 bridgehead atoms. The number of hydrogen-bond acceptors (Lipinski definition) is 4. The van der Waals surface area contributed by atoms with Gasteiger partial charge in [0, 0.05) is 6.42 Å². The maximum absolute atomic E-state index is 10.6. The molecule has 0 aromatic heterocycles. The normalized spacial score (nSPS) is 11.6. The van der Waals surface area contributed by atoms with Gasteiger partial charge in [0.05, 0.1) is 13.2 Å². The summed E-state index contributed by atoms with van der Waals surface area (Å²) in [5.74, 6) is -0.824. The van der Waals surface area contributed by atoms with Gasteiger partial charge in [-0.2, -0.15) is 5.26 Å². The Bertz CT molecular complexity index is 450. The number of aliphatic hydroxyl groups excluding tert-OH is 1. The SMILES string of the molecule is COc1cc(C(O)C(=O)O)ccc1CCC#N. The molecule has 0 amide bonds. The number of rotatable bonds is 5. The number of aryl methyl sites for hydroxylation is 1. The van der Waals surface area contributed by atoms with E-state index in [-0.39, 0.29) is 5.56 Å². The van der Waals surface area contributed by atoms with Gasteiger partial charge in [-0.05, 0) is 23.6 Å². The molecule has 0 spiro atoms. The zero-order valence-electron chi connectivity index (χ0n) is 9.38. The lowest BCUT2D eigenvalue weighted by Gasteiger charge is -2.11.